The summed E-state index contributed by atoms with van der Waals surface area (Å²) in [5, 5.41) is 3.71. The van der Waals surface area contributed by atoms with E-state index in [0.29, 0.717) is 0 Å². The summed E-state index contributed by atoms with van der Waals surface area (Å²) >= 11 is 1.55. The van der Waals surface area contributed by atoms with Crippen LogP contribution >= 0.6 is 11.9 Å². The number of hydrogen-bond acceptors (Lipinski definition) is 4. The third kappa shape index (κ3) is 2.06. The van der Waals surface area contributed by atoms with Gasteiger partial charge in [-0.3, -0.25) is 10.1 Å². The Bertz CT molecular complexity index is 575. The normalized spacial score (nSPS) is 25.4. The smallest absolute Gasteiger partial charge is 0.275 e. The molecule has 3 rings (SSSR count). The first kappa shape index (κ1) is 13.1. The number of hydrazine groups is 1. The average Bonchev–Trinajstić information content (AvgIpc) is 3.04. The Hall–Kier alpha value is -1.95. The molecule has 1 fully saturated rings. The molecule has 2 heterocycles. The molecule has 0 radical (unpaired) electrons. The molecule has 0 spiro atoms. The van der Waals surface area contributed by atoms with Crippen molar-refractivity contribution in [3.63, 3.8) is 0 Å². The average molecular weight is 289 g/mol. The second-order valence-corrected chi connectivity index (χ2v) is 6.01. The lowest BCUT2D eigenvalue weighted by Crippen LogP contribution is -2.37. The topological polar surface area (TPSA) is 52.6 Å². The van der Waals surface area contributed by atoms with Gasteiger partial charge in [-0.25, -0.2) is 14.2 Å². The quantitative estimate of drug-likeness (QED) is 0.685. The van der Waals surface area contributed by atoms with E-state index in [0.717, 1.165) is 6.42 Å². The summed E-state index contributed by atoms with van der Waals surface area (Å²) in [5.74, 6) is -0.266. The first-order chi connectivity index (χ1) is 9.64. The van der Waals surface area contributed by atoms with Crippen LogP contribution in [0.15, 0.2) is 42.6 Å². The molecule has 2 aliphatic rings. The number of imide groups is 1. The molecule has 1 unspecified atom stereocenters. The van der Waals surface area contributed by atoms with E-state index in [9.17, 15) is 9.59 Å². The van der Waals surface area contributed by atoms with Gasteiger partial charge >= 0.3 is 6.03 Å². The number of nitrogens with zero attached hydrogens (tertiary/aromatic N) is 2. The number of nitrogens with one attached hydrogen (secondary N) is 1. The van der Waals surface area contributed by atoms with E-state index in [4.69, 9.17) is 0 Å². The molecule has 5 nitrogen and oxygen atoms in total. The van der Waals surface area contributed by atoms with Crippen LogP contribution in [0.1, 0.15) is 18.9 Å². The van der Waals surface area contributed by atoms with E-state index in [1.54, 1.807) is 16.4 Å². The molecule has 0 bridgehead atoms. The molecule has 20 heavy (non-hydrogen) atoms. The fourth-order valence-electron chi connectivity index (χ4n) is 2.39. The maximum Gasteiger partial charge on any atom is 0.344 e. The standard InChI is InChI=1S/C14H15N3O2S/c1-2-14(11-6-4-3-5-7-11)8-9-17(20-14)16-10-12(18)15-13(16)19/h3-9H,2,10H2,1H3,(H,15,18,19). The number of rotatable bonds is 3. The van der Waals surface area contributed by atoms with Crippen LogP contribution in [-0.2, 0) is 9.54 Å². The number of carbonyl (C=O) groups is 2. The Labute approximate surface area is 121 Å². The second kappa shape index (κ2) is 4.86. The predicted octanol–water partition coefficient (Wildman–Crippen LogP) is 2.24. The van der Waals surface area contributed by atoms with Gasteiger partial charge in [-0.15, -0.1) is 0 Å². The monoisotopic (exact) mass is 289 g/mol. The van der Waals surface area contributed by atoms with Gasteiger partial charge in [0, 0.05) is 6.20 Å². The minimum Gasteiger partial charge on any atom is -0.275 e. The van der Waals surface area contributed by atoms with Crippen LogP contribution in [0.5, 0.6) is 0 Å². The predicted molar refractivity (Wildman–Crippen MR) is 77.2 cm³/mol. The molecule has 2 aliphatic heterocycles. The highest BCUT2D eigenvalue weighted by Gasteiger charge is 2.40. The van der Waals surface area contributed by atoms with Crippen molar-refractivity contribution < 1.29 is 9.59 Å². The van der Waals surface area contributed by atoms with E-state index in [2.05, 4.69) is 30.4 Å². The number of carbonyl (C=O) groups excluding carboxylic acids is 2. The Kier molecular flexibility index (Phi) is 3.17. The minimum absolute atomic E-state index is 0.0742. The Balaban J connectivity index is 1.84. The SMILES string of the molecule is CCC1(c2ccccc2)C=CN(N2CC(=O)NC2=O)S1. The largest absolute Gasteiger partial charge is 0.344 e. The zero-order valence-corrected chi connectivity index (χ0v) is 11.9. The van der Waals surface area contributed by atoms with Crippen LogP contribution in [-0.4, -0.2) is 27.9 Å². The number of hydrogen-bond donors (Lipinski definition) is 1. The molecular formula is C14H15N3O2S. The van der Waals surface area contributed by atoms with Crippen LogP contribution in [0.3, 0.4) is 0 Å². The highest BCUT2D eigenvalue weighted by atomic mass is 32.2. The lowest BCUT2D eigenvalue weighted by atomic mass is 9.95. The summed E-state index contributed by atoms with van der Waals surface area (Å²) in [7, 11) is 0. The molecule has 1 aromatic rings. The van der Waals surface area contributed by atoms with Gasteiger partial charge in [-0.2, -0.15) is 0 Å². The zero-order valence-electron chi connectivity index (χ0n) is 11.1. The summed E-state index contributed by atoms with van der Waals surface area (Å²) in [6.45, 7) is 2.19. The van der Waals surface area contributed by atoms with Gasteiger partial charge in [0.1, 0.15) is 6.54 Å². The summed E-state index contributed by atoms with van der Waals surface area (Å²) in [6, 6.07) is 9.80. The van der Waals surface area contributed by atoms with Gasteiger partial charge < -0.3 is 0 Å². The van der Waals surface area contributed by atoms with Gasteiger partial charge in [-0.1, -0.05) is 37.3 Å². The number of benzene rings is 1. The van der Waals surface area contributed by atoms with E-state index in [-0.39, 0.29) is 23.2 Å². The van der Waals surface area contributed by atoms with Gasteiger partial charge in [0.15, 0.2) is 0 Å². The summed E-state index contributed by atoms with van der Waals surface area (Å²) in [6.07, 6.45) is 4.85. The molecule has 0 aromatic heterocycles. The molecular weight excluding hydrogens is 274 g/mol. The van der Waals surface area contributed by atoms with Crippen LogP contribution in [0, 0.1) is 0 Å². The van der Waals surface area contributed by atoms with Crippen LogP contribution in [0.25, 0.3) is 0 Å². The van der Waals surface area contributed by atoms with Crippen molar-refractivity contribution in [2.75, 3.05) is 6.54 Å². The van der Waals surface area contributed by atoms with Crippen molar-refractivity contribution in [3.8, 4) is 0 Å². The van der Waals surface area contributed by atoms with Gasteiger partial charge in [0.25, 0.3) is 0 Å². The van der Waals surface area contributed by atoms with Crippen molar-refractivity contribution in [2.24, 2.45) is 0 Å². The lowest BCUT2D eigenvalue weighted by Gasteiger charge is -2.31. The van der Waals surface area contributed by atoms with Crippen molar-refractivity contribution in [2.45, 2.75) is 18.1 Å². The van der Waals surface area contributed by atoms with Crippen molar-refractivity contribution in [1.29, 1.82) is 0 Å². The van der Waals surface area contributed by atoms with E-state index < -0.39 is 0 Å². The number of urea groups is 1. The van der Waals surface area contributed by atoms with E-state index in [1.165, 1.54) is 10.6 Å². The molecule has 6 heteroatoms. The minimum atomic E-state index is -0.368. The molecule has 1 aromatic carbocycles. The molecule has 0 saturated carbocycles. The molecule has 1 N–H and O–H groups in total. The van der Waals surface area contributed by atoms with Crippen LogP contribution in [0.4, 0.5) is 4.79 Å². The lowest BCUT2D eigenvalue weighted by molar-refractivity contribution is -0.118. The summed E-state index contributed by atoms with van der Waals surface area (Å²) < 4.78 is 1.56. The zero-order chi connectivity index (χ0) is 14.2. The Morgan fingerprint density at radius 2 is 2.05 bits per heavy atom. The Morgan fingerprint density at radius 3 is 2.65 bits per heavy atom. The van der Waals surface area contributed by atoms with Crippen molar-refractivity contribution in [3.05, 3.63) is 48.2 Å². The highest BCUT2D eigenvalue weighted by Crippen LogP contribution is 2.48. The third-order valence-corrected chi connectivity index (χ3v) is 5.02. The fourth-order valence-corrected chi connectivity index (χ4v) is 3.57. The maximum absolute atomic E-state index is 11.7. The first-order valence-corrected chi connectivity index (χ1v) is 7.26. The first-order valence-electron chi connectivity index (χ1n) is 6.49. The second-order valence-electron chi connectivity index (χ2n) is 4.73. The van der Waals surface area contributed by atoms with Crippen LogP contribution < -0.4 is 5.32 Å². The van der Waals surface area contributed by atoms with Crippen LogP contribution in [0.2, 0.25) is 0 Å². The van der Waals surface area contributed by atoms with Gasteiger partial charge in [0.05, 0.1) is 4.75 Å². The van der Waals surface area contributed by atoms with Crippen molar-refractivity contribution in [1.82, 2.24) is 14.7 Å². The van der Waals surface area contributed by atoms with Gasteiger partial charge in [-0.05, 0) is 30.0 Å². The van der Waals surface area contributed by atoms with Crippen molar-refractivity contribution >= 4 is 23.9 Å². The van der Waals surface area contributed by atoms with E-state index in [1.807, 2.05) is 24.4 Å². The summed E-state index contributed by atoms with van der Waals surface area (Å²) in [5.41, 5.74) is 1.19. The maximum atomic E-state index is 11.7. The molecule has 1 atom stereocenters. The fraction of sp³-hybridized carbons (Fsp3) is 0.286. The molecule has 1 saturated heterocycles. The highest BCUT2D eigenvalue weighted by molar-refractivity contribution is 7.98. The summed E-state index contributed by atoms with van der Waals surface area (Å²) in [4.78, 5) is 23.0. The molecule has 0 aliphatic carbocycles. The third-order valence-electron chi connectivity index (χ3n) is 3.53. The number of amides is 3. The Morgan fingerprint density at radius 1 is 1.30 bits per heavy atom. The van der Waals surface area contributed by atoms with E-state index >= 15 is 0 Å². The molecule has 3 amide bonds. The molecule has 104 valence electrons. The van der Waals surface area contributed by atoms with Gasteiger partial charge in [0.2, 0.25) is 5.91 Å².